The quantitative estimate of drug-likeness (QED) is 0.509. The number of halogens is 1. The Labute approximate surface area is 98.4 Å². The number of anilines is 1. The molecule has 0 aliphatic heterocycles. The fraction of sp³-hybridized carbons (Fsp3) is 0.364. The van der Waals surface area contributed by atoms with E-state index in [1.54, 1.807) is 0 Å². The molecule has 1 amide bonds. The summed E-state index contributed by atoms with van der Waals surface area (Å²) in [7, 11) is 0. The molecule has 0 saturated carbocycles. The van der Waals surface area contributed by atoms with Crippen LogP contribution in [0.2, 0.25) is 0 Å². The smallest absolute Gasteiger partial charge is 0.226 e. The second-order valence-corrected chi connectivity index (χ2v) is 3.37. The Bertz CT molecular complexity index is 385. The molecule has 0 radical (unpaired) electrons. The van der Waals surface area contributed by atoms with Crippen molar-refractivity contribution in [2.75, 3.05) is 25.1 Å². The van der Waals surface area contributed by atoms with E-state index in [4.69, 9.17) is 15.6 Å². The zero-order chi connectivity index (χ0) is 12.7. The van der Waals surface area contributed by atoms with E-state index in [0.29, 0.717) is 18.8 Å². The maximum Gasteiger partial charge on any atom is 0.226 e. The van der Waals surface area contributed by atoms with Crippen LogP contribution in [-0.4, -0.2) is 30.8 Å². The largest absolute Gasteiger partial charge is 0.505 e. The Balaban J connectivity index is 2.37. The molecule has 0 saturated heterocycles. The highest BCUT2D eigenvalue weighted by atomic mass is 19.1. The van der Waals surface area contributed by atoms with Crippen molar-refractivity contribution in [1.29, 1.82) is 0 Å². The number of phenols is 1. The van der Waals surface area contributed by atoms with Crippen molar-refractivity contribution in [3.05, 3.63) is 24.0 Å². The molecule has 0 heterocycles. The van der Waals surface area contributed by atoms with Crippen LogP contribution in [-0.2, 0) is 9.53 Å². The molecule has 5 nitrogen and oxygen atoms in total. The molecule has 94 valence electrons. The third-order valence-electron chi connectivity index (χ3n) is 1.97. The minimum absolute atomic E-state index is 0.169. The Hall–Kier alpha value is -1.66. The number of hydrogen-bond acceptors (Lipinski definition) is 4. The van der Waals surface area contributed by atoms with Crippen LogP contribution in [0.15, 0.2) is 18.2 Å². The molecule has 0 spiro atoms. The molecule has 0 bridgehead atoms. The van der Waals surface area contributed by atoms with Crippen molar-refractivity contribution >= 4 is 11.6 Å². The number of carbonyl (C=O) groups excluding carboxylic acids is 1. The van der Waals surface area contributed by atoms with E-state index in [-0.39, 0.29) is 18.9 Å². The SMILES string of the molecule is NCCOCCC(=O)Nc1ccc(O)c(F)c1. The molecule has 0 aromatic heterocycles. The average molecular weight is 242 g/mol. The number of nitrogens with two attached hydrogens (primary N) is 1. The van der Waals surface area contributed by atoms with E-state index >= 15 is 0 Å². The van der Waals surface area contributed by atoms with Gasteiger partial charge in [0.25, 0.3) is 0 Å². The lowest BCUT2D eigenvalue weighted by Gasteiger charge is -2.06. The molecule has 0 unspecified atom stereocenters. The van der Waals surface area contributed by atoms with E-state index in [1.165, 1.54) is 12.1 Å². The summed E-state index contributed by atoms with van der Waals surface area (Å²) in [6, 6.07) is 3.64. The van der Waals surface area contributed by atoms with Gasteiger partial charge in [-0.25, -0.2) is 4.39 Å². The van der Waals surface area contributed by atoms with Crippen LogP contribution < -0.4 is 11.1 Å². The lowest BCUT2D eigenvalue weighted by atomic mass is 10.3. The van der Waals surface area contributed by atoms with Gasteiger partial charge in [0.1, 0.15) is 0 Å². The van der Waals surface area contributed by atoms with E-state index in [2.05, 4.69) is 5.32 Å². The van der Waals surface area contributed by atoms with Crippen LogP contribution in [0.25, 0.3) is 0 Å². The fourth-order valence-electron chi connectivity index (χ4n) is 1.16. The van der Waals surface area contributed by atoms with E-state index in [0.717, 1.165) is 6.07 Å². The lowest BCUT2D eigenvalue weighted by Crippen LogP contribution is -2.16. The summed E-state index contributed by atoms with van der Waals surface area (Å²) in [6.07, 6.45) is 0.169. The first-order valence-corrected chi connectivity index (χ1v) is 5.19. The van der Waals surface area contributed by atoms with Crippen molar-refractivity contribution in [3.8, 4) is 5.75 Å². The number of carbonyl (C=O) groups is 1. The number of rotatable bonds is 6. The second kappa shape index (κ2) is 6.82. The minimum atomic E-state index is -0.776. The fourth-order valence-corrected chi connectivity index (χ4v) is 1.16. The molecule has 0 fully saturated rings. The summed E-state index contributed by atoms with van der Waals surface area (Å²) < 4.78 is 18.0. The number of phenolic OH excluding ortho intramolecular Hbond substituents is 1. The molecule has 0 aliphatic carbocycles. The minimum Gasteiger partial charge on any atom is -0.505 e. The molecule has 0 atom stereocenters. The third kappa shape index (κ3) is 4.80. The highest BCUT2D eigenvalue weighted by Crippen LogP contribution is 2.19. The van der Waals surface area contributed by atoms with Crippen LogP contribution in [0, 0.1) is 5.82 Å². The van der Waals surface area contributed by atoms with Gasteiger partial charge in [0.2, 0.25) is 5.91 Å². The van der Waals surface area contributed by atoms with Crippen LogP contribution in [0.5, 0.6) is 5.75 Å². The van der Waals surface area contributed by atoms with E-state index in [9.17, 15) is 9.18 Å². The Morgan fingerprint density at radius 3 is 2.88 bits per heavy atom. The van der Waals surface area contributed by atoms with E-state index < -0.39 is 11.6 Å². The molecule has 1 aromatic carbocycles. The molecule has 1 aromatic rings. The molecular formula is C11H15FN2O3. The first kappa shape index (κ1) is 13.4. The standard InChI is InChI=1S/C11H15FN2O3/c12-9-7-8(1-2-10(9)15)14-11(16)3-5-17-6-4-13/h1-2,7,15H,3-6,13H2,(H,14,16). The van der Waals surface area contributed by atoms with Crippen molar-refractivity contribution in [1.82, 2.24) is 0 Å². The predicted molar refractivity (Wildman–Crippen MR) is 61.2 cm³/mol. The lowest BCUT2D eigenvalue weighted by molar-refractivity contribution is -0.117. The van der Waals surface area contributed by atoms with Crippen LogP contribution in [0.1, 0.15) is 6.42 Å². The normalized spacial score (nSPS) is 10.2. The second-order valence-electron chi connectivity index (χ2n) is 3.37. The number of nitrogens with one attached hydrogen (secondary N) is 1. The molecule has 0 aliphatic rings. The predicted octanol–water partition coefficient (Wildman–Crippen LogP) is 0.835. The molecule has 4 N–H and O–H groups in total. The molecule has 6 heteroatoms. The zero-order valence-electron chi connectivity index (χ0n) is 9.28. The molecular weight excluding hydrogens is 227 g/mol. The molecule has 17 heavy (non-hydrogen) atoms. The number of aromatic hydroxyl groups is 1. The number of ether oxygens (including phenoxy) is 1. The van der Waals surface area contributed by atoms with Crippen LogP contribution in [0.3, 0.4) is 0 Å². The maximum absolute atomic E-state index is 12.9. The first-order chi connectivity index (χ1) is 8.13. The maximum atomic E-state index is 12.9. The number of amides is 1. The number of benzene rings is 1. The van der Waals surface area contributed by atoms with E-state index in [1.807, 2.05) is 0 Å². The van der Waals surface area contributed by atoms with Crippen molar-refractivity contribution in [3.63, 3.8) is 0 Å². The van der Waals surface area contributed by atoms with Gasteiger partial charge in [0.15, 0.2) is 11.6 Å². The summed E-state index contributed by atoms with van der Waals surface area (Å²) in [5, 5.41) is 11.4. The van der Waals surface area contributed by atoms with Crippen molar-refractivity contribution in [2.45, 2.75) is 6.42 Å². The van der Waals surface area contributed by atoms with Gasteiger partial charge in [-0.2, -0.15) is 0 Å². The Kier molecular flexibility index (Phi) is 5.38. The Morgan fingerprint density at radius 2 is 2.24 bits per heavy atom. The zero-order valence-corrected chi connectivity index (χ0v) is 9.28. The van der Waals surface area contributed by atoms with Gasteiger partial charge >= 0.3 is 0 Å². The summed E-state index contributed by atoms with van der Waals surface area (Å²) in [5.41, 5.74) is 5.50. The van der Waals surface area contributed by atoms with Gasteiger partial charge in [-0.05, 0) is 12.1 Å². The van der Waals surface area contributed by atoms with Crippen LogP contribution >= 0.6 is 0 Å². The third-order valence-corrected chi connectivity index (χ3v) is 1.97. The topological polar surface area (TPSA) is 84.6 Å². The van der Waals surface area contributed by atoms with Crippen molar-refractivity contribution < 1.29 is 19.0 Å². The molecule has 1 rings (SSSR count). The van der Waals surface area contributed by atoms with Gasteiger partial charge in [0.05, 0.1) is 19.6 Å². The van der Waals surface area contributed by atoms with Crippen LogP contribution in [0.4, 0.5) is 10.1 Å². The van der Waals surface area contributed by atoms with Crippen molar-refractivity contribution in [2.24, 2.45) is 5.73 Å². The van der Waals surface area contributed by atoms with Gasteiger partial charge < -0.3 is 20.9 Å². The Morgan fingerprint density at radius 1 is 1.47 bits per heavy atom. The van der Waals surface area contributed by atoms with Gasteiger partial charge in [-0.1, -0.05) is 0 Å². The summed E-state index contributed by atoms with van der Waals surface area (Å²) >= 11 is 0. The first-order valence-electron chi connectivity index (χ1n) is 5.19. The number of hydrogen-bond donors (Lipinski definition) is 3. The highest BCUT2D eigenvalue weighted by molar-refractivity contribution is 5.90. The summed E-state index contributed by atoms with van der Waals surface area (Å²) in [4.78, 5) is 11.4. The van der Waals surface area contributed by atoms with Gasteiger partial charge in [-0.15, -0.1) is 0 Å². The monoisotopic (exact) mass is 242 g/mol. The average Bonchev–Trinajstić information content (AvgIpc) is 2.30. The van der Waals surface area contributed by atoms with Gasteiger partial charge in [-0.3, -0.25) is 4.79 Å². The highest BCUT2D eigenvalue weighted by Gasteiger charge is 2.05. The summed E-state index contributed by atoms with van der Waals surface area (Å²) in [6.45, 7) is 1.08. The van der Waals surface area contributed by atoms with Gasteiger partial charge in [0, 0.05) is 18.3 Å². The summed E-state index contributed by atoms with van der Waals surface area (Å²) in [5.74, 6) is -1.51.